The molecule has 3 aliphatic heterocycles. The van der Waals surface area contributed by atoms with E-state index in [4.69, 9.17) is 0 Å². The Balaban J connectivity index is 1.61. The van der Waals surface area contributed by atoms with Gasteiger partial charge in [-0.3, -0.25) is 14.4 Å². The fourth-order valence-corrected chi connectivity index (χ4v) is 4.36. The van der Waals surface area contributed by atoms with E-state index in [9.17, 15) is 14.4 Å². The zero-order valence-electron chi connectivity index (χ0n) is 14.7. The highest BCUT2D eigenvalue weighted by Gasteiger charge is 2.33. The highest BCUT2D eigenvalue weighted by atomic mass is 16.2. The topological polar surface area (TPSA) is 60.9 Å². The molecule has 6 nitrogen and oxygen atoms in total. The second kappa shape index (κ2) is 7.53. The van der Waals surface area contributed by atoms with Crippen LogP contribution in [0, 0.1) is 0 Å². The van der Waals surface area contributed by atoms with E-state index in [1.165, 1.54) is 0 Å². The van der Waals surface area contributed by atoms with Gasteiger partial charge in [0.25, 0.3) is 0 Å². The van der Waals surface area contributed by atoms with Crippen molar-refractivity contribution in [1.29, 1.82) is 0 Å². The monoisotopic (exact) mass is 335 g/mol. The lowest BCUT2D eigenvalue weighted by atomic mass is 10.0. The molecule has 3 fully saturated rings. The fourth-order valence-electron chi connectivity index (χ4n) is 4.36. The van der Waals surface area contributed by atoms with Crippen molar-refractivity contribution in [1.82, 2.24) is 14.7 Å². The summed E-state index contributed by atoms with van der Waals surface area (Å²) in [6, 6.07) is 0.296. The normalized spacial score (nSPS) is 24.4. The molecule has 0 aromatic carbocycles. The minimum Gasteiger partial charge on any atom is -0.343 e. The predicted octanol–water partition coefficient (Wildman–Crippen LogP) is 1.39. The van der Waals surface area contributed by atoms with Gasteiger partial charge in [-0.05, 0) is 39.0 Å². The summed E-state index contributed by atoms with van der Waals surface area (Å²) < 4.78 is 0. The van der Waals surface area contributed by atoms with Gasteiger partial charge in [-0.15, -0.1) is 0 Å². The molecule has 0 spiro atoms. The van der Waals surface area contributed by atoms with Gasteiger partial charge >= 0.3 is 0 Å². The summed E-state index contributed by atoms with van der Waals surface area (Å²) in [4.78, 5) is 41.9. The van der Waals surface area contributed by atoms with Crippen molar-refractivity contribution in [3.63, 3.8) is 0 Å². The van der Waals surface area contributed by atoms with Crippen LogP contribution in [0.25, 0.3) is 0 Å². The van der Waals surface area contributed by atoms with Crippen molar-refractivity contribution in [2.45, 2.75) is 70.4 Å². The van der Waals surface area contributed by atoms with Crippen LogP contribution in [0.1, 0.15) is 58.3 Å². The Bertz CT molecular complexity index is 508. The summed E-state index contributed by atoms with van der Waals surface area (Å²) in [5.74, 6) is 0.709. The Morgan fingerprint density at radius 1 is 0.833 bits per heavy atom. The summed E-state index contributed by atoms with van der Waals surface area (Å²) in [6.45, 7) is 5.33. The molecule has 0 saturated carbocycles. The standard InChI is InChI=1S/C18H29N3O3/c1-14(20-10-3-6-17(20)23)13-15(21-11-4-7-18(21)24)8-12-19-9-2-5-16(19)22/h14-15H,2-13H2,1H3. The van der Waals surface area contributed by atoms with E-state index in [0.29, 0.717) is 19.3 Å². The molecule has 3 saturated heterocycles. The van der Waals surface area contributed by atoms with Crippen LogP contribution in [0.5, 0.6) is 0 Å². The van der Waals surface area contributed by atoms with Crippen LogP contribution in [0.4, 0.5) is 0 Å². The first-order valence-corrected chi connectivity index (χ1v) is 9.43. The number of hydrogen-bond acceptors (Lipinski definition) is 3. The smallest absolute Gasteiger partial charge is 0.222 e. The molecule has 0 bridgehead atoms. The number of hydrogen-bond donors (Lipinski definition) is 0. The number of rotatable bonds is 7. The van der Waals surface area contributed by atoms with Crippen LogP contribution in [0.15, 0.2) is 0 Å². The van der Waals surface area contributed by atoms with Crippen molar-refractivity contribution in [2.24, 2.45) is 0 Å². The van der Waals surface area contributed by atoms with E-state index in [1.807, 2.05) is 14.7 Å². The molecule has 24 heavy (non-hydrogen) atoms. The Kier molecular flexibility index (Phi) is 5.41. The van der Waals surface area contributed by atoms with E-state index in [2.05, 4.69) is 6.92 Å². The Hall–Kier alpha value is -1.59. The van der Waals surface area contributed by atoms with Crippen molar-refractivity contribution in [3.8, 4) is 0 Å². The molecule has 3 rings (SSSR count). The zero-order valence-corrected chi connectivity index (χ0v) is 14.7. The lowest BCUT2D eigenvalue weighted by Crippen LogP contribution is -2.44. The molecule has 0 radical (unpaired) electrons. The molecule has 0 N–H and O–H groups in total. The van der Waals surface area contributed by atoms with Gasteiger partial charge in [-0.25, -0.2) is 0 Å². The average Bonchev–Trinajstić information content (AvgIpc) is 3.26. The molecule has 0 aromatic heterocycles. The third kappa shape index (κ3) is 3.73. The summed E-state index contributed by atoms with van der Waals surface area (Å²) in [7, 11) is 0. The van der Waals surface area contributed by atoms with Gasteiger partial charge in [0, 0.05) is 57.5 Å². The Labute approximate surface area is 144 Å². The summed E-state index contributed by atoms with van der Waals surface area (Å²) >= 11 is 0. The summed E-state index contributed by atoms with van der Waals surface area (Å²) in [6.07, 6.45) is 6.41. The number of carbonyl (C=O) groups excluding carboxylic acids is 3. The number of likely N-dealkylation sites (tertiary alicyclic amines) is 3. The van der Waals surface area contributed by atoms with Gasteiger partial charge in [0.1, 0.15) is 0 Å². The minimum absolute atomic E-state index is 0.136. The first-order chi connectivity index (χ1) is 11.6. The van der Waals surface area contributed by atoms with Gasteiger partial charge in [-0.2, -0.15) is 0 Å². The van der Waals surface area contributed by atoms with Crippen molar-refractivity contribution < 1.29 is 14.4 Å². The van der Waals surface area contributed by atoms with Crippen LogP contribution in [0.2, 0.25) is 0 Å². The molecule has 0 aliphatic carbocycles. The maximum atomic E-state index is 12.2. The minimum atomic E-state index is 0.136. The van der Waals surface area contributed by atoms with Gasteiger partial charge in [0.2, 0.25) is 17.7 Å². The fraction of sp³-hybridized carbons (Fsp3) is 0.833. The molecular weight excluding hydrogens is 306 g/mol. The second-order valence-corrected chi connectivity index (χ2v) is 7.39. The van der Waals surface area contributed by atoms with E-state index < -0.39 is 0 Å². The number of amides is 3. The molecule has 6 heteroatoms. The largest absolute Gasteiger partial charge is 0.343 e. The number of nitrogens with zero attached hydrogens (tertiary/aromatic N) is 3. The van der Waals surface area contributed by atoms with Gasteiger partial charge in [-0.1, -0.05) is 0 Å². The number of carbonyl (C=O) groups is 3. The maximum absolute atomic E-state index is 12.2. The third-order valence-corrected chi connectivity index (χ3v) is 5.71. The molecule has 134 valence electrons. The molecule has 2 atom stereocenters. The van der Waals surface area contributed by atoms with Gasteiger partial charge < -0.3 is 14.7 Å². The second-order valence-electron chi connectivity index (χ2n) is 7.39. The van der Waals surface area contributed by atoms with Crippen molar-refractivity contribution >= 4 is 17.7 Å². The summed E-state index contributed by atoms with van der Waals surface area (Å²) in [5.41, 5.74) is 0. The van der Waals surface area contributed by atoms with E-state index in [1.54, 1.807) is 0 Å². The van der Waals surface area contributed by atoms with E-state index in [0.717, 1.165) is 58.3 Å². The van der Waals surface area contributed by atoms with Crippen molar-refractivity contribution in [3.05, 3.63) is 0 Å². The molecule has 0 aromatic rings. The summed E-state index contributed by atoms with van der Waals surface area (Å²) in [5, 5.41) is 0. The molecule has 3 aliphatic rings. The molecule has 2 unspecified atom stereocenters. The maximum Gasteiger partial charge on any atom is 0.222 e. The lowest BCUT2D eigenvalue weighted by Gasteiger charge is -2.34. The SMILES string of the molecule is CC(CC(CCN1CCCC1=O)N1CCCC1=O)N1CCCC1=O. The van der Waals surface area contributed by atoms with Crippen LogP contribution < -0.4 is 0 Å². The highest BCUT2D eigenvalue weighted by molar-refractivity contribution is 5.79. The van der Waals surface area contributed by atoms with Crippen LogP contribution >= 0.6 is 0 Å². The molecular formula is C18H29N3O3. The van der Waals surface area contributed by atoms with Crippen LogP contribution in [-0.2, 0) is 14.4 Å². The quantitative estimate of drug-likeness (QED) is 0.706. The first kappa shape index (κ1) is 17.2. The lowest BCUT2D eigenvalue weighted by molar-refractivity contribution is -0.131. The average molecular weight is 335 g/mol. The van der Waals surface area contributed by atoms with E-state index >= 15 is 0 Å². The molecule has 3 amide bonds. The zero-order chi connectivity index (χ0) is 17.1. The van der Waals surface area contributed by atoms with Crippen molar-refractivity contribution in [2.75, 3.05) is 26.2 Å². The predicted molar refractivity (Wildman–Crippen MR) is 90.2 cm³/mol. The third-order valence-electron chi connectivity index (χ3n) is 5.71. The Morgan fingerprint density at radius 3 is 1.96 bits per heavy atom. The molecule has 3 heterocycles. The van der Waals surface area contributed by atoms with Crippen LogP contribution in [0.3, 0.4) is 0 Å². The Morgan fingerprint density at radius 2 is 1.42 bits per heavy atom. The van der Waals surface area contributed by atoms with Crippen LogP contribution in [-0.4, -0.2) is 70.7 Å². The highest BCUT2D eigenvalue weighted by Crippen LogP contribution is 2.24. The van der Waals surface area contributed by atoms with Gasteiger partial charge in [0.05, 0.1) is 0 Å². The van der Waals surface area contributed by atoms with E-state index in [-0.39, 0.29) is 29.8 Å². The van der Waals surface area contributed by atoms with Gasteiger partial charge in [0.15, 0.2) is 0 Å². The first-order valence-electron chi connectivity index (χ1n) is 9.43.